The Kier molecular flexibility index (Phi) is 7.03. The molecule has 0 saturated carbocycles. The van der Waals surface area contributed by atoms with Crippen LogP contribution in [0.5, 0.6) is 0 Å². The van der Waals surface area contributed by atoms with Crippen LogP contribution in [0.1, 0.15) is 0 Å². The standard InChI is InChI=1S/C51H30N4OS/c1-3-13-31(14-4-1)49-52-50(32-15-5-2-6-16-32)54-51(53-49)40-21-12-24-45-47(40)39-27-25-33(29-46(39)57-45)35-19-11-20-38-41-30-34(26-28-44(41)56-48(35)38)55-42-22-9-7-17-36(42)37-18-8-10-23-43(37)55/h1-30H. The second-order valence-electron chi connectivity index (χ2n) is 14.4. The van der Waals surface area contributed by atoms with Crippen LogP contribution >= 0.6 is 11.3 Å². The van der Waals surface area contributed by atoms with Crippen LogP contribution in [0.2, 0.25) is 0 Å². The molecule has 0 aliphatic rings. The van der Waals surface area contributed by atoms with Gasteiger partial charge in [0.05, 0.1) is 11.0 Å². The molecule has 0 aliphatic heterocycles. The molecule has 266 valence electrons. The van der Waals surface area contributed by atoms with E-state index in [0.717, 1.165) is 60.8 Å². The topological polar surface area (TPSA) is 56.7 Å². The van der Waals surface area contributed by atoms with Crippen molar-refractivity contribution in [2.24, 2.45) is 0 Å². The van der Waals surface area contributed by atoms with Crippen LogP contribution in [0.15, 0.2) is 186 Å². The van der Waals surface area contributed by atoms with Gasteiger partial charge in [-0.2, -0.15) is 0 Å². The van der Waals surface area contributed by atoms with Crippen LogP contribution in [0.25, 0.3) is 115 Å². The van der Waals surface area contributed by atoms with Crippen LogP contribution in [-0.2, 0) is 0 Å². The zero-order valence-corrected chi connectivity index (χ0v) is 31.2. The zero-order valence-electron chi connectivity index (χ0n) is 30.4. The predicted molar refractivity (Wildman–Crippen MR) is 236 cm³/mol. The number of fused-ring (bicyclic) bond motifs is 9. The zero-order chi connectivity index (χ0) is 37.5. The number of hydrogen-bond donors (Lipinski definition) is 0. The van der Waals surface area contributed by atoms with E-state index in [4.69, 9.17) is 19.4 Å². The molecule has 0 atom stereocenters. The highest BCUT2D eigenvalue weighted by molar-refractivity contribution is 7.26. The van der Waals surface area contributed by atoms with Crippen molar-refractivity contribution in [2.45, 2.75) is 0 Å². The second-order valence-corrected chi connectivity index (χ2v) is 15.4. The third-order valence-corrected chi connectivity index (χ3v) is 12.2. The average molecular weight is 747 g/mol. The molecule has 4 heterocycles. The summed E-state index contributed by atoms with van der Waals surface area (Å²) in [5.74, 6) is 1.96. The Morgan fingerprint density at radius 1 is 0.404 bits per heavy atom. The Hall–Kier alpha value is -7.41. The predicted octanol–water partition coefficient (Wildman–Crippen LogP) is 13.9. The van der Waals surface area contributed by atoms with E-state index in [1.54, 1.807) is 11.3 Å². The molecule has 4 aromatic heterocycles. The molecular weight excluding hydrogens is 717 g/mol. The van der Waals surface area contributed by atoms with Gasteiger partial charge in [0.25, 0.3) is 0 Å². The van der Waals surface area contributed by atoms with E-state index >= 15 is 0 Å². The van der Waals surface area contributed by atoms with Crippen molar-refractivity contribution < 1.29 is 4.42 Å². The van der Waals surface area contributed by atoms with Crippen LogP contribution in [-0.4, -0.2) is 19.5 Å². The second kappa shape index (κ2) is 12.6. The highest BCUT2D eigenvalue weighted by atomic mass is 32.1. The van der Waals surface area contributed by atoms with E-state index in [1.807, 2.05) is 60.7 Å². The Morgan fingerprint density at radius 2 is 1.02 bits per heavy atom. The van der Waals surface area contributed by atoms with Gasteiger partial charge in [-0.05, 0) is 48.0 Å². The summed E-state index contributed by atoms with van der Waals surface area (Å²) in [6.45, 7) is 0. The lowest BCUT2D eigenvalue weighted by molar-refractivity contribution is 0.670. The van der Waals surface area contributed by atoms with Crippen molar-refractivity contribution in [3.63, 3.8) is 0 Å². The lowest BCUT2D eigenvalue weighted by Gasteiger charge is -2.09. The molecule has 57 heavy (non-hydrogen) atoms. The smallest absolute Gasteiger partial charge is 0.164 e. The van der Waals surface area contributed by atoms with Gasteiger partial charge in [0.15, 0.2) is 17.5 Å². The van der Waals surface area contributed by atoms with Crippen molar-refractivity contribution in [1.29, 1.82) is 0 Å². The third-order valence-electron chi connectivity index (χ3n) is 11.1. The molecule has 0 saturated heterocycles. The van der Waals surface area contributed by atoms with Gasteiger partial charge < -0.3 is 8.98 Å². The van der Waals surface area contributed by atoms with Gasteiger partial charge in [0, 0.05) is 69.7 Å². The van der Waals surface area contributed by atoms with Crippen LogP contribution in [0, 0.1) is 0 Å². The van der Waals surface area contributed by atoms with E-state index in [0.29, 0.717) is 17.5 Å². The minimum atomic E-state index is 0.652. The summed E-state index contributed by atoms with van der Waals surface area (Å²) < 4.78 is 11.4. The molecule has 0 unspecified atom stereocenters. The first-order chi connectivity index (χ1) is 28.2. The van der Waals surface area contributed by atoms with Gasteiger partial charge in [-0.3, -0.25) is 0 Å². The highest BCUT2D eigenvalue weighted by Crippen LogP contribution is 2.43. The summed E-state index contributed by atoms with van der Waals surface area (Å²) in [6.07, 6.45) is 0. The van der Waals surface area contributed by atoms with Gasteiger partial charge in [-0.25, -0.2) is 15.0 Å². The van der Waals surface area contributed by atoms with Gasteiger partial charge >= 0.3 is 0 Å². The number of benzene rings is 8. The molecule has 0 fully saturated rings. The van der Waals surface area contributed by atoms with Gasteiger partial charge in [0.1, 0.15) is 11.2 Å². The summed E-state index contributed by atoms with van der Waals surface area (Å²) in [7, 11) is 0. The highest BCUT2D eigenvalue weighted by Gasteiger charge is 2.19. The fraction of sp³-hybridized carbons (Fsp3) is 0. The maximum atomic E-state index is 6.70. The quantitative estimate of drug-likeness (QED) is 0.176. The Labute approximate surface area is 330 Å². The molecule has 8 aromatic carbocycles. The molecule has 0 radical (unpaired) electrons. The summed E-state index contributed by atoms with van der Waals surface area (Å²) in [5.41, 5.74) is 10.3. The first-order valence-electron chi connectivity index (χ1n) is 19.0. The number of para-hydroxylation sites is 3. The van der Waals surface area contributed by atoms with Gasteiger partial charge in [-0.1, -0.05) is 140 Å². The van der Waals surface area contributed by atoms with Gasteiger partial charge in [-0.15, -0.1) is 11.3 Å². The summed E-state index contributed by atoms with van der Waals surface area (Å²) in [4.78, 5) is 15.1. The van der Waals surface area contributed by atoms with E-state index in [2.05, 4.69) is 126 Å². The molecular formula is C51H30N4OS. The minimum Gasteiger partial charge on any atom is -0.455 e. The first-order valence-corrected chi connectivity index (χ1v) is 19.8. The number of nitrogens with zero attached hydrogens (tertiary/aromatic N) is 4. The van der Waals surface area contributed by atoms with E-state index in [-0.39, 0.29) is 0 Å². The molecule has 0 amide bonds. The Bertz CT molecular complexity index is 3420. The minimum absolute atomic E-state index is 0.652. The largest absolute Gasteiger partial charge is 0.455 e. The molecule has 0 aliphatic carbocycles. The van der Waals surface area contributed by atoms with Crippen molar-refractivity contribution >= 4 is 75.3 Å². The third kappa shape index (κ3) is 5.04. The lowest BCUT2D eigenvalue weighted by Crippen LogP contribution is -2.00. The molecule has 5 nitrogen and oxygen atoms in total. The van der Waals surface area contributed by atoms with E-state index in [1.165, 1.54) is 36.6 Å². The van der Waals surface area contributed by atoms with Crippen molar-refractivity contribution in [3.8, 4) is 51.0 Å². The lowest BCUT2D eigenvalue weighted by atomic mass is 9.99. The molecule has 6 heteroatoms. The monoisotopic (exact) mass is 746 g/mol. The molecule has 12 aromatic rings. The summed E-state index contributed by atoms with van der Waals surface area (Å²) in [5, 5.41) is 7.01. The number of hydrogen-bond acceptors (Lipinski definition) is 5. The Balaban J connectivity index is 0.994. The van der Waals surface area contributed by atoms with Crippen molar-refractivity contribution in [2.75, 3.05) is 0 Å². The molecule has 0 spiro atoms. The number of thiophene rings is 1. The van der Waals surface area contributed by atoms with Crippen molar-refractivity contribution in [3.05, 3.63) is 182 Å². The number of rotatable bonds is 5. The number of aromatic nitrogens is 4. The maximum Gasteiger partial charge on any atom is 0.164 e. The molecule has 12 rings (SSSR count). The SMILES string of the molecule is c1ccc(-c2nc(-c3ccccc3)nc(-c3cccc4sc5cc(-c6cccc7c6oc6ccc(-n8c9ccccc9c9ccccc98)cc67)ccc5c34)n2)cc1. The van der Waals surface area contributed by atoms with E-state index < -0.39 is 0 Å². The summed E-state index contributed by atoms with van der Waals surface area (Å²) in [6, 6.07) is 63.7. The van der Waals surface area contributed by atoms with E-state index in [9.17, 15) is 0 Å². The fourth-order valence-corrected chi connectivity index (χ4v) is 9.63. The van der Waals surface area contributed by atoms with Gasteiger partial charge in [0.2, 0.25) is 0 Å². The van der Waals surface area contributed by atoms with Crippen LogP contribution in [0.3, 0.4) is 0 Å². The normalized spacial score (nSPS) is 11.9. The maximum absolute atomic E-state index is 6.70. The molecule has 0 N–H and O–H groups in total. The van der Waals surface area contributed by atoms with Crippen molar-refractivity contribution in [1.82, 2.24) is 19.5 Å². The summed E-state index contributed by atoms with van der Waals surface area (Å²) >= 11 is 1.79. The average Bonchev–Trinajstić information content (AvgIpc) is 3.96. The Morgan fingerprint density at radius 3 is 1.74 bits per heavy atom. The number of furan rings is 1. The first kappa shape index (κ1) is 31.9. The fourth-order valence-electron chi connectivity index (χ4n) is 8.46. The van der Waals surface area contributed by atoms with Crippen LogP contribution in [0.4, 0.5) is 0 Å². The van der Waals surface area contributed by atoms with Crippen LogP contribution < -0.4 is 0 Å². The molecule has 0 bridgehead atoms.